The van der Waals surface area contributed by atoms with Crippen LogP contribution in [0.5, 0.6) is 0 Å². The highest BCUT2D eigenvalue weighted by Crippen LogP contribution is 2.09. The predicted octanol–water partition coefficient (Wildman–Crippen LogP) is 0.652. The van der Waals surface area contributed by atoms with E-state index in [0.29, 0.717) is 18.1 Å². The lowest BCUT2D eigenvalue weighted by atomic mass is 10.3. The number of nitriles is 2. The minimum atomic E-state index is 0.122. The number of hydrogen-bond acceptors (Lipinski definition) is 5. The molecule has 0 amide bonds. The zero-order valence-electron chi connectivity index (χ0n) is 8.83. The molecule has 0 saturated carbocycles. The molecule has 0 radical (unpaired) electrons. The van der Waals surface area contributed by atoms with E-state index in [1.807, 2.05) is 12.1 Å². The van der Waals surface area contributed by atoms with Crippen LogP contribution < -0.4 is 5.73 Å². The van der Waals surface area contributed by atoms with Crippen LogP contribution in [0.15, 0.2) is 24.5 Å². The van der Waals surface area contributed by atoms with Crippen molar-refractivity contribution < 1.29 is 0 Å². The van der Waals surface area contributed by atoms with Crippen LogP contribution >= 0.6 is 0 Å². The monoisotopic (exact) mass is 224 g/mol. The van der Waals surface area contributed by atoms with Gasteiger partial charge in [-0.05, 0) is 12.1 Å². The van der Waals surface area contributed by atoms with Crippen LogP contribution in [-0.2, 0) is 6.54 Å². The summed E-state index contributed by atoms with van der Waals surface area (Å²) < 4.78 is 1.57. The van der Waals surface area contributed by atoms with Gasteiger partial charge in [-0.3, -0.25) is 0 Å². The Balaban J connectivity index is 2.35. The molecule has 6 heteroatoms. The van der Waals surface area contributed by atoms with E-state index < -0.39 is 0 Å². The van der Waals surface area contributed by atoms with Gasteiger partial charge in [-0.15, -0.1) is 0 Å². The molecule has 0 aliphatic carbocycles. The molecule has 2 heterocycles. The van der Waals surface area contributed by atoms with Crippen LogP contribution in [0.2, 0.25) is 0 Å². The van der Waals surface area contributed by atoms with Gasteiger partial charge in [0, 0.05) is 0 Å². The van der Waals surface area contributed by atoms with Gasteiger partial charge in [0.2, 0.25) is 0 Å². The molecule has 82 valence electrons. The van der Waals surface area contributed by atoms with Crippen LogP contribution in [0, 0.1) is 22.7 Å². The Bertz CT molecular complexity index is 628. The number of pyridine rings is 1. The molecule has 0 spiro atoms. The molecule has 2 aromatic rings. The molecule has 2 aromatic heterocycles. The standard InChI is InChI=1S/C11H8N6/c12-4-9-10(5-13)17(7-15-9)6-8-2-1-3-11(14)16-8/h1-3,7H,6H2,(H2,14,16). The van der Waals surface area contributed by atoms with Crippen molar-refractivity contribution in [2.24, 2.45) is 0 Å². The Morgan fingerprint density at radius 1 is 1.29 bits per heavy atom. The lowest BCUT2D eigenvalue weighted by Gasteiger charge is -2.03. The number of aromatic nitrogens is 3. The third kappa shape index (κ3) is 2.06. The van der Waals surface area contributed by atoms with Gasteiger partial charge in [0.25, 0.3) is 0 Å². The van der Waals surface area contributed by atoms with E-state index in [9.17, 15) is 0 Å². The molecule has 2 rings (SSSR count). The number of hydrogen-bond donors (Lipinski definition) is 1. The summed E-state index contributed by atoms with van der Waals surface area (Å²) in [5.41, 5.74) is 6.63. The summed E-state index contributed by atoms with van der Waals surface area (Å²) in [7, 11) is 0. The van der Waals surface area contributed by atoms with E-state index in [1.54, 1.807) is 22.8 Å². The van der Waals surface area contributed by atoms with Crippen LogP contribution in [-0.4, -0.2) is 14.5 Å². The highest BCUT2D eigenvalue weighted by molar-refractivity contribution is 5.37. The van der Waals surface area contributed by atoms with Crippen LogP contribution in [0.4, 0.5) is 5.82 Å². The number of anilines is 1. The van der Waals surface area contributed by atoms with Crippen LogP contribution in [0.25, 0.3) is 0 Å². The lowest BCUT2D eigenvalue weighted by Crippen LogP contribution is -2.04. The summed E-state index contributed by atoms with van der Waals surface area (Å²) in [6.45, 7) is 0.364. The third-order valence-electron chi connectivity index (χ3n) is 2.21. The minimum absolute atomic E-state index is 0.122. The SMILES string of the molecule is N#Cc1ncn(Cc2cccc(N)n2)c1C#N. The highest BCUT2D eigenvalue weighted by Gasteiger charge is 2.10. The van der Waals surface area contributed by atoms with Gasteiger partial charge in [-0.2, -0.15) is 10.5 Å². The summed E-state index contributed by atoms with van der Waals surface area (Å²) in [5, 5.41) is 17.7. The second-order valence-electron chi connectivity index (χ2n) is 3.35. The first-order chi connectivity index (χ1) is 8.24. The van der Waals surface area contributed by atoms with Gasteiger partial charge in [0.05, 0.1) is 18.6 Å². The Morgan fingerprint density at radius 3 is 2.76 bits per heavy atom. The second kappa shape index (κ2) is 4.33. The average molecular weight is 224 g/mol. The van der Waals surface area contributed by atoms with E-state index in [2.05, 4.69) is 9.97 Å². The fourth-order valence-corrected chi connectivity index (χ4v) is 1.46. The molecule has 0 saturated heterocycles. The number of nitrogen functional groups attached to an aromatic ring is 1. The topological polar surface area (TPSA) is 104 Å². The van der Waals surface area contributed by atoms with Crippen LogP contribution in [0.3, 0.4) is 0 Å². The number of imidazole rings is 1. The van der Waals surface area contributed by atoms with Gasteiger partial charge in [-0.25, -0.2) is 9.97 Å². The maximum absolute atomic E-state index is 8.94. The predicted molar refractivity (Wildman–Crippen MR) is 59.4 cm³/mol. The van der Waals surface area contributed by atoms with Crippen LogP contribution in [0.1, 0.15) is 17.1 Å². The molecule has 0 aliphatic rings. The van der Waals surface area contributed by atoms with E-state index >= 15 is 0 Å². The zero-order chi connectivity index (χ0) is 12.3. The first kappa shape index (κ1) is 10.7. The van der Waals surface area contributed by atoms with Gasteiger partial charge in [0.1, 0.15) is 18.0 Å². The highest BCUT2D eigenvalue weighted by atomic mass is 15.1. The largest absolute Gasteiger partial charge is 0.384 e. The summed E-state index contributed by atoms with van der Waals surface area (Å²) in [5.74, 6) is 0.418. The van der Waals surface area contributed by atoms with Crippen molar-refractivity contribution in [3.63, 3.8) is 0 Å². The van der Waals surface area contributed by atoms with Gasteiger partial charge < -0.3 is 10.3 Å². The molecule has 17 heavy (non-hydrogen) atoms. The maximum Gasteiger partial charge on any atom is 0.176 e. The normalized spacial score (nSPS) is 9.53. The molecule has 2 N–H and O–H groups in total. The molecule has 0 fully saturated rings. The van der Waals surface area contributed by atoms with E-state index in [0.717, 1.165) is 0 Å². The van der Waals surface area contributed by atoms with Crippen molar-refractivity contribution in [1.29, 1.82) is 10.5 Å². The first-order valence-electron chi connectivity index (χ1n) is 4.81. The number of rotatable bonds is 2. The summed E-state index contributed by atoms with van der Waals surface area (Å²) in [6, 6.07) is 9.08. The second-order valence-corrected chi connectivity index (χ2v) is 3.35. The fourth-order valence-electron chi connectivity index (χ4n) is 1.46. The Hall–Kier alpha value is -2.86. The molecule has 0 bridgehead atoms. The average Bonchev–Trinajstić information content (AvgIpc) is 2.71. The summed E-state index contributed by atoms with van der Waals surface area (Å²) >= 11 is 0. The number of nitrogens with two attached hydrogens (primary N) is 1. The molecule has 0 aromatic carbocycles. The molecule has 0 unspecified atom stereocenters. The first-order valence-corrected chi connectivity index (χ1v) is 4.81. The van der Waals surface area contributed by atoms with E-state index in [1.165, 1.54) is 6.33 Å². The Labute approximate surface area is 97.6 Å². The third-order valence-corrected chi connectivity index (χ3v) is 2.21. The van der Waals surface area contributed by atoms with E-state index in [-0.39, 0.29) is 11.4 Å². The van der Waals surface area contributed by atoms with Gasteiger partial charge in [-0.1, -0.05) is 6.07 Å². The summed E-state index contributed by atoms with van der Waals surface area (Å²) in [6.07, 6.45) is 1.45. The molecular weight excluding hydrogens is 216 g/mol. The van der Waals surface area contributed by atoms with Crippen molar-refractivity contribution in [2.45, 2.75) is 6.54 Å². The number of nitrogens with zero attached hydrogens (tertiary/aromatic N) is 5. The van der Waals surface area contributed by atoms with Crippen molar-refractivity contribution >= 4 is 5.82 Å². The Kier molecular flexibility index (Phi) is 2.71. The Morgan fingerprint density at radius 2 is 2.12 bits per heavy atom. The van der Waals surface area contributed by atoms with Crippen molar-refractivity contribution in [3.8, 4) is 12.1 Å². The molecule has 0 aliphatic heterocycles. The maximum atomic E-state index is 8.94. The van der Waals surface area contributed by atoms with Crippen molar-refractivity contribution in [3.05, 3.63) is 41.6 Å². The van der Waals surface area contributed by atoms with Crippen molar-refractivity contribution in [1.82, 2.24) is 14.5 Å². The zero-order valence-corrected chi connectivity index (χ0v) is 8.83. The summed E-state index contributed by atoms with van der Waals surface area (Å²) in [4.78, 5) is 7.96. The molecular formula is C11H8N6. The van der Waals surface area contributed by atoms with Gasteiger partial charge in [0.15, 0.2) is 11.4 Å². The minimum Gasteiger partial charge on any atom is -0.384 e. The molecule has 6 nitrogen and oxygen atoms in total. The van der Waals surface area contributed by atoms with Crippen molar-refractivity contribution in [2.75, 3.05) is 5.73 Å². The van der Waals surface area contributed by atoms with Gasteiger partial charge >= 0.3 is 0 Å². The quantitative estimate of drug-likeness (QED) is 0.806. The van der Waals surface area contributed by atoms with E-state index in [4.69, 9.17) is 16.3 Å². The fraction of sp³-hybridized carbons (Fsp3) is 0.0909. The smallest absolute Gasteiger partial charge is 0.176 e. The lowest BCUT2D eigenvalue weighted by molar-refractivity contribution is 0.764. The molecule has 0 atom stereocenters.